The third-order valence-electron chi connectivity index (χ3n) is 2.54. The second-order valence-electron chi connectivity index (χ2n) is 4.64. The van der Waals surface area contributed by atoms with Crippen LogP contribution in [0, 0.1) is 0 Å². The van der Waals surface area contributed by atoms with Crippen molar-refractivity contribution >= 4 is 8.32 Å². The van der Waals surface area contributed by atoms with Crippen molar-refractivity contribution < 1.29 is 9.16 Å². The minimum atomic E-state index is -1.53. The summed E-state index contributed by atoms with van der Waals surface area (Å²) in [6.45, 7) is 12.0. The number of epoxide rings is 1. The van der Waals surface area contributed by atoms with Crippen molar-refractivity contribution in [3.63, 3.8) is 0 Å². The van der Waals surface area contributed by atoms with Crippen molar-refractivity contribution in [2.24, 2.45) is 0 Å². The molecule has 0 spiro atoms. The van der Waals surface area contributed by atoms with Gasteiger partial charge in [0.05, 0.1) is 6.61 Å². The lowest BCUT2D eigenvalue weighted by Gasteiger charge is -2.35. The van der Waals surface area contributed by atoms with Crippen LogP contribution >= 0.6 is 0 Å². The molecule has 1 fully saturated rings. The second-order valence-corrected chi connectivity index (χ2v) is 9.40. The summed E-state index contributed by atoms with van der Waals surface area (Å²) >= 11 is 0. The maximum absolute atomic E-state index is 5.83. The molecule has 0 unspecified atom stereocenters. The van der Waals surface area contributed by atoms with Crippen molar-refractivity contribution in [2.75, 3.05) is 6.61 Å². The Labute approximate surface area is 70.0 Å². The van der Waals surface area contributed by atoms with E-state index >= 15 is 0 Å². The van der Waals surface area contributed by atoms with Crippen LogP contribution in [0.25, 0.3) is 0 Å². The molecular formula is C8H18O2Si. The second kappa shape index (κ2) is 2.57. The molecule has 2 nitrogen and oxygen atoms in total. The van der Waals surface area contributed by atoms with Crippen molar-refractivity contribution in [3.05, 3.63) is 0 Å². The maximum atomic E-state index is 5.83. The third-order valence-corrected chi connectivity index (χ3v) is 7.00. The summed E-state index contributed by atoms with van der Waals surface area (Å²) < 4.78 is 10.9. The molecule has 0 saturated carbocycles. The Hall–Kier alpha value is 0.137. The van der Waals surface area contributed by atoms with Crippen LogP contribution in [-0.2, 0) is 9.16 Å². The van der Waals surface area contributed by atoms with Gasteiger partial charge in [0, 0.05) is 0 Å². The molecule has 1 atom stereocenters. The first-order valence-corrected chi connectivity index (χ1v) is 7.03. The highest BCUT2D eigenvalue weighted by molar-refractivity contribution is 6.74. The van der Waals surface area contributed by atoms with Gasteiger partial charge >= 0.3 is 0 Å². The SMILES string of the molecule is CC(C)(C)[Si](C)(C)O[C@@H]1CO1. The Morgan fingerprint density at radius 3 is 2.09 bits per heavy atom. The van der Waals surface area contributed by atoms with Crippen LogP contribution in [0.4, 0.5) is 0 Å². The van der Waals surface area contributed by atoms with Gasteiger partial charge in [0.1, 0.15) is 0 Å². The summed E-state index contributed by atoms with van der Waals surface area (Å²) in [5.41, 5.74) is 0. The van der Waals surface area contributed by atoms with Crippen LogP contribution in [0.15, 0.2) is 0 Å². The van der Waals surface area contributed by atoms with E-state index in [1.54, 1.807) is 0 Å². The Balaban J connectivity index is 2.49. The average molecular weight is 174 g/mol. The van der Waals surface area contributed by atoms with Gasteiger partial charge in [-0.05, 0) is 18.1 Å². The van der Waals surface area contributed by atoms with Crippen molar-refractivity contribution in [1.29, 1.82) is 0 Å². The van der Waals surface area contributed by atoms with Crippen molar-refractivity contribution in [2.45, 2.75) is 45.2 Å². The third kappa shape index (κ3) is 2.29. The molecule has 0 aromatic heterocycles. The van der Waals surface area contributed by atoms with E-state index in [4.69, 9.17) is 9.16 Å². The summed E-state index contributed by atoms with van der Waals surface area (Å²) in [7, 11) is -1.53. The smallest absolute Gasteiger partial charge is 0.195 e. The number of hydrogen-bond donors (Lipinski definition) is 0. The average Bonchev–Trinajstić information content (AvgIpc) is 2.45. The summed E-state index contributed by atoms with van der Waals surface area (Å²) in [5.74, 6) is 0. The standard InChI is InChI=1S/C8H18O2Si/c1-8(2,3)11(4,5)10-7-6-9-7/h7H,6H2,1-5H3/t7-/m1/s1. The fourth-order valence-electron chi connectivity index (χ4n) is 0.613. The van der Waals surface area contributed by atoms with E-state index in [9.17, 15) is 0 Å². The molecule has 0 N–H and O–H groups in total. The van der Waals surface area contributed by atoms with Gasteiger partial charge < -0.3 is 9.16 Å². The molecule has 0 aromatic carbocycles. The molecule has 0 bridgehead atoms. The van der Waals surface area contributed by atoms with Crippen LogP contribution in [0.3, 0.4) is 0 Å². The highest BCUT2D eigenvalue weighted by Gasteiger charge is 2.42. The number of hydrogen-bond acceptors (Lipinski definition) is 2. The van der Waals surface area contributed by atoms with E-state index in [1.807, 2.05) is 0 Å². The molecule has 0 radical (unpaired) electrons. The van der Waals surface area contributed by atoms with Crippen LogP contribution < -0.4 is 0 Å². The van der Waals surface area contributed by atoms with Crippen LogP contribution in [-0.4, -0.2) is 21.2 Å². The Bertz CT molecular complexity index is 145. The normalized spacial score (nSPS) is 25.4. The molecule has 0 aromatic rings. The molecular weight excluding hydrogens is 156 g/mol. The van der Waals surface area contributed by atoms with Gasteiger partial charge in [0.2, 0.25) is 0 Å². The maximum Gasteiger partial charge on any atom is 0.195 e. The molecule has 66 valence electrons. The molecule has 1 aliphatic heterocycles. The van der Waals surface area contributed by atoms with Gasteiger partial charge in [-0.15, -0.1) is 0 Å². The highest BCUT2D eigenvalue weighted by atomic mass is 28.4. The van der Waals surface area contributed by atoms with Crippen molar-refractivity contribution in [1.82, 2.24) is 0 Å². The molecule has 1 aliphatic rings. The highest BCUT2D eigenvalue weighted by Crippen LogP contribution is 2.38. The van der Waals surface area contributed by atoms with Crippen LogP contribution in [0.2, 0.25) is 18.1 Å². The predicted octanol–water partition coefficient (Wildman–Crippen LogP) is 2.36. The zero-order valence-electron chi connectivity index (χ0n) is 8.10. The van der Waals surface area contributed by atoms with E-state index in [1.165, 1.54) is 0 Å². The largest absolute Gasteiger partial charge is 0.391 e. The Kier molecular flexibility index (Phi) is 2.16. The lowest BCUT2D eigenvalue weighted by molar-refractivity contribution is 0.162. The summed E-state index contributed by atoms with van der Waals surface area (Å²) in [5, 5.41) is 0.305. The Morgan fingerprint density at radius 2 is 1.82 bits per heavy atom. The monoisotopic (exact) mass is 174 g/mol. The van der Waals surface area contributed by atoms with Gasteiger partial charge in [-0.1, -0.05) is 20.8 Å². The fraction of sp³-hybridized carbons (Fsp3) is 1.00. The molecule has 0 aliphatic carbocycles. The van der Waals surface area contributed by atoms with Gasteiger partial charge in [0.15, 0.2) is 14.6 Å². The molecule has 0 amide bonds. The molecule has 1 saturated heterocycles. The summed E-state index contributed by atoms with van der Waals surface area (Å²) in [6, 6.07) is 0. The lowest BCUT2D eigenvalue weighted by atomic mass is 10.2. The first kappa shape index (κ1) is 9.23. The van der Waals surface area contributed by atoms with E-state index in [0.29, 0.717) is 5.04 Å². The van der Waals surface area contributed by atoms with E-state index in [2.05, 4.69) is 33.9 Å². The van der Waals surface area contributed by atoms with E-state index < -0.39 is 8.32 Å². The molecule has 3 heteroatoms. The van der Waals surface area contributed by atoms with Crippen LogP contribution in [0.5, 0.6) is 0 Å². The topological polar surface area (TPSA) is 21.8 Å². The van der Waals surface area contributed by atoms with Gasteiger partial charge in [-0.3, -0.25) is 0 Å². The van der Waals surface area contributed by atoms with Crippen LogP contribution in [0.1, 0.15) is 20.8 Å². The van der Waals surface area contributed by atoms with Crippen molar-refractivity contribution in [3.8, 4) is 0 Å². The van der Waals surface area contributed by atoms with E-state index in [-0.39, 0.29) is 6.29 Å². The minimum Gasteiger partial charge on any atom is -0.391 e. The number of rotatable bonds is 2. The molecule has 1 rings (SSSR count). The quantitative estimate of drug-likeness (QED) is 0.473. The zero-order valence-corrected chi connectivity index (χ0v) is 9.10. The summed E-state index contributed by atoms with van der Waals surface area (Å²) in [4.78, 5) is 0. The predicted molar refractivity (Wildman–Crippen MR) is 48.0 cm³/mol. The van der Waals surface area contributed by atoms with Gasteiger partial charge in [0.25, 0.3) is 0 Å². The first-order valence-electron chi connectivity index (χ1n) is 4.12. The molecule has 11 heavy (non-hydrogen) atoms. The summed E-state index contributed by atoms with van der Waals surface area (Å²) in [6.07, 6.45) is 0.121. The Morgan fingerprint density at radius 1 is 1.36 bits per heavy atom. The first-order chi connectivity index (χ1) is 4.83. The minimum absolute atomic E-state index is 0.121. The molecule has 1 heterocycles. The number of ether oxygens (including phenoxy) is 1. The zero-order chi connectivity index (χ0) is 8.70. The van der Waals surface area contributed by atoms with Gasteiger partial charge in [-0.2, -0.15) is 0 Å². The lowest BCUT2D eigenvalue weighted by Crippen LogP contribution is -2.41. The van der Waals surface area contributed by atoms with Gasteiger partial charge in [-0.25, -0.2) is 0 Å². The van der Waals surface area contributed by atoms with E-state index in [0.717, 1.165) is 6.61 Å². The fourth-order valence-corrected chi connectivity index (χ4v) is 1.76.